The zero-order chi connectivity index (χ0) is 32.5. The van der Waals surface area contributed by atoms with E-state index < -0.39 is 12.2 Å². The van der Waals surface area contributed by atoms with Crippen molar-refractivity contribution in [3.05, 3.63) is 117 Å². The van der Waals surface area contributed by atoms with Gasteiger partial charge in [0.2, 0.25) is 11.8 Å². The number of halogens is 3. The molecule has 6 rings (SSSR count). The number of rotatable bonds is 8. The highest BCUT2D eigenvalue weighted by atomic mass is 35.5. The van der Waals surface area contributed by atoms with Gasteiger partial charge in [-0.05, 0) is 65.6 Å². The van der Waals surface area contributed by atoms with E-state index >= 15 is 0 Å². The van der Waals surface area contributed by atoms with E-state index in [0.717, 1.165) is 27.5 Å². The van der Waals surface area contributed by atoms with Crippen molar-refractivity contribution in [3.63, 3.8) is 0 Å². The molecule has 2 atom stereocenters. The van der Waals surface area contributed by atoms with Crippen molar-refractivity contribution in [2.45, 2.75) is 51.6 Å². The van der Waals surface area contributed by atoms with Gasteiger partial charge in [-0.3, -0.25) is 14.6 Å². The molecule has 0 radical (unpaired) electrons. The lowest BCUT2D eigenvalue weighted by Gasteiger charge is -2.47. The smallest absolute Gasteiger partial charge is 0.332 e. The van der Waals surface area contributed by atoms with Crippen molar-refractivity contribution in [3.8, 4) is 0 Å². The van der Waals surface area contributed by atoms with Gasteiger partial charge < -0.3 is 15.1 Å². The summed E-state index contributed by atoms with van der Waals surface area (Å²) >= 11 is 12.2. The van der Waals surface area contributed by atoms with Crippen molar-refractivity contribution in [1.29, 1.82) is 0 Å². The fourth-order valence-electron chi connectivity index (χ4n) is 6.40. The molecule has 11 heteroatoms. The first kappa shape index (κ1) is 31.8. The van der Waals surface area contributed by atoms with Crippen molar-refractivity contribution < 1.29 is 18.8 Å². The van der Waals surface area contributed by atoms with Crippen LogP contribution in [0.1, 0.15) is 30.5 Å². The lowest BCUT2D eigenvalue weighted by molar-refractivity contribution is -0.158. The quantitative estimate of drug-likeness (QED) is 0.242. The van der Waals surface area contributed by atoms with Gasteiger partial charge in [0.05, 0.1) is 23.1 Å². The Balaban J connectivity index is 1.31. The molecule has 2 fully saturated rings. The molecule has 1 N–H and O–H groups in total. The fraction of sp³-hybridized carbons (Fsp3) is 0.286. The van der Waals surface area contributed by atoms with E-state index in [9.17, 15) is 18.8 Å². The number of nitrogens with zero attached hydrogens (tertiary/aromatic N) is 4. The molecule has 0 unspecified atom stereocenters. The van der Waals surface area contributed by atoms with Crippen LogP contribution in [0.5, 0.6) is 0 Å². The maximum Gasteiger partial charge on any atom is 0.332 e. The Kier molecular flexibility index (Phi) is 9.18. The monoisotopic (exact) mass is 661 g/mol. The van der Waals surface area contributed by atoms with E-state index in [4.69, 9.17) is 23.2 Å². The van der Waals surface area contributed by atoms with Gasteiger partial charge in [-0.2, -0.15) is 5.01 Å². The van der Waals surface area contributed by atoms with Crippen LogP contribution in [-0.2, 0) is 29.1 Å². The summed E-state index contributed by atoms with van der Waals surface area (Å²) in [6, 6.07) is 23.6. The number of fused-ring (bicyclic) bond motifs is 2. The number of piperazine rings is 1. The van der Waals surface area contributed by atoms with Gasteiger partial charge in [-0.15, -0.1) is 0 Å². The second-order valence-electron chi connectivity index (χ2n) is 11.9. The first-order valence-corrected chi connectivity index (χ1v) is 15.9. The molecular formula is C35H34Cl2FN5O3. The van der Waals surface area contributed by atoms with Gasteiger partial charge in [0, 0.05) is 25.6 Å². The number of carbonyl (C=O) groups is 3. The van der Waals surface area contributed by atoms with Gasteiger partial charge in [-0.25, -0.2) is 9.18 Å². The Morgan fingerprint density at radius 3 is 2.41 bits per heavy atom. The Morgan fingerprint density at radius 1 is 0.957 bits per heavy atom. The molecule has 0 saturated carbocycles. The average Bonchev–Trinajstić information content (AvgIpc) is 3.35. The minimum Gasteiger partial charge on any atom is -0.333 e. The molecule has 2 aliphatic rings. The Hall–Kier alpha value is -4.18. The first-order valence-electron chi connectivity index (χ1n) is 15.2. The number of hydrogen-bond donors (Lipinski definition) is 1. The number of urea groups is 1. The summed E-state index contributed by atoms with van der Waals surface area (Å²) in [6.07, 6.45) is -0.379. The normalized spacial score (nSPS) is 18.4. The van der Waals surface area contributed by atoms with E-state index in [-0.39, 0.29) is 55.8 Å². The predicted octanol–water partition coefficient (Wildman–Crippen LogP) is 6.24. The topological polar surface area (TPSA) is 76.2 Å². The number of carbonyl (C=O) groups excluding carboxylic acids is 3. The third-order valence-corrected chi connectivity index (χ3v) is 9.29. The van der Waals surface area contributed by atoms with E-state index in [2.05, 4.69) is 5.32 Å². The van der Waals surface area contributed by atoms with Gasteiger partial charge in [-0.1, -0.05) is 83.9 Å². The molecule has 238 valence electrons. The second kappa shape index (κ2) is 13.3. The van der Waals surface area contributed by atoms with Crippen LogP contribution in [0.4, 0.5) is 9.18 Å². The third-order valence-electron chi connectivity index (χ3n) is 8.55. The largest absolute Gasteiger partial charge is 0.333 e. The molecule has 4 amide bonds. The molecule has 0 spiro atoms. The van der Waals surface area contributed by atoms with Crippen LogP contribution in [0.15, 0.2) is 84.9 Å². The van der Waals surface area contributed by atoms with E-state index in [1.165, 1.54) is 12.1 Å². The van der Waals surface area contributed by atoms with Crippen molar-refractivity contribution in [1.82, 2.24) is 25.1 Å². The molecule has 0 aromatic heterocycles. The number of nitrogens with one attached hydrogen (secondary N) is 1. The first-order chi connectivity index (χ1) is 22.1. The van der Waals surface area contributed by atoms with Crippen LogP contribution in [0.3, 0.4) is 0 Å². The van der Waals surface area contributed by atoms with E-state index in [1.807, 2.05) is 56.3 Å². The molecular weight excluding hydrogens is 628 g/mol. The second-order valence-corrected chi connectivity index (χ2v) is 12.7. The van der Waals surface area contributed by atoms with E-state index in [1.54, 1.807) is 50.1 Å². The SMILES string of the molecule is CC(C)N(C(=O)NCc1ccc(Cl)c(Cl)c1)N1CC(=O)N2[C@@H](Cc3ccc(F)cc3)C(=O)N(Cc3cccc4ccccc34)C[C@@H]21. The Labute approximate surface area is 277 Å². The zero-order valence-electron chi connectivity index (χ0n) is 25.5. The summed E-state index contributed by atoms with van der Waals surface area (Å²) in [6.45, 7) is 4.43. The van der Waals surface area contributed by atoms with Crippen LogP contribution in [0.2, 0.25) is 10.0 Å². The summed E-state index contributed by atoms with van der Waals surface area (Å²) in [7, 11) is 0. The lowest BCUT2D eigenvalue weighted by Crippen LogP contribution is -2.66. The molecule has 46 heavy (non-hydrogen) atoms. The standard InChI is InChI=1S/C35H34Cl2FN5O3/c1-22(2)43(35(46)39-18-24-12-15-29(36)30(37)16-24)41-21-33(44)42-31(17-23-10-13-27(38)14-11-23)34(45)40(20-32(41)42)19-26-8-5-7-25-6-3-4-9-28(25)26/h3-16,22,31-32H,17-21H2,1-2H3,(H,39,46)/t31-,32+/m0/s1. The maximum atomic E-state index is 14.2. The predicted molar refractivity (Wildman–Crippen MR) is 176 cm³/mol. The van der Waals surface area contributed by atoms with Crippen LogP contribution in [0.25, 0.3) is 10.8 Å². The minimum atomic E-state index is -0.829. The molecule has 0 bridgehead atoms. The molecule has 0 aliphatic carbocycles. The Morgan fingerprint density at radius 2 is 1.67 bits per heavy atom. The van der Waals surface area contributed by atoms with Crippen molar-refractivity contribution >= 4 is 51.8 Å². The third kappa shape index (κ3) is 6.40. The van der Waals surface area contributed by atoms with Crippen molar-refractivity contribution in [2.24, 2.45) is 0 Å². The highest BCUT2D eigenvalue weighted by Crippen LogP contribution is 2.32. The van der Waals surface area contributed by atoms with Gasteiger partial charge >= 0.3 is 6.03 Å². The van der Waals surface area contributed by atoms with Gasteiger partial charge in [0.1, 0.15) is 18.0 Å². The number of amides is 4. The van der Waals surface area contributed by atoms with Gasteiger partial charge in [0.25, 0.3) is 0 Å². The summed E-state index contributed by atoms with van der Waals surface area (Å²) in [5.74, 6) is -0.820. The van der Waals surface area contributed by atoms with Crippen molar-refractivity contribution in [2.75, 3.05) is 13.1 Å². The Bertz CT molecular complexity index is 1780. The maximum absolute atomic E-state index is 14.2. The van der Waals surface area contributed by atoms with Crippen LogP contribution in [-0.4, -0.2) is 69.0 Å². The molecule has 2 aliphatic heterocycles. The summed E-state index contributed by atoms with van der Waals surface area (Å²) in [5, 5.41) is 9.19. The molecule has 4 aromatic carbocycles. The van der Waals surface area contributed by atoms with E-state index in [0.29, 0.717) is 16.6 Å². The fourth-order valence-corrected chi connectivity index (χ4v) is 6.72. The molecule has 2 heterocycles. The van der Waals surface area contributed by atoms with Crippen LogP contribution >= 0.6 is 23.2 Å². The number of benzene rings is 4. The van der Waals surface area contributed by atoms with Crippen LogP contribution in [0, 0.1) is 5.82 Å². The van der Waals surface area contributed by atoms with Gasteiger partial charge in [0.15, 0.2) is 0 Å². The lowest BCUT2D eigenvalue weighted by atomic mass is 9.99. The zero-order valence-corrected chi connectivity index (χ0v) is 27.0. The summed E-state index contributed by atoms with van der Waals surface area (Å²) < 4.78 is 13.7. The molecule has 2 saturated heterocycles. The average molecular weight is 663 g/mol. The minimum absolute atomic E-state index is 0.0711. The summed E-state index contributed by atoms with van der Waals surface area (Å²) in [5.41, 5.74) is 2.49. The highest BCUT2D eigenvalue weighted by Gasteiger charge is 2.52. The molecule has 8 nitrogen and oxygen atoms in total. The highest BCUT2D eigenvalue weighted by molar-refractivity contribution is 6.42. The summed E-state index contributed by atoms with van der Waals surface area (Å²) in [4.78, 5) is 45.0. The number of hydrazine groups is 1. The molecule has 4 aromatic rings. The van der Waals surface area contributed by atoms with Crippen LogP contribution < -0.4 is 5.32 Å². The number of hydrogen-bond acceptors (Lipinski definition) is 4.